The van der Waals surface area contributed by atoms with Crippen molar-refractivity contribution in [2.75, 3.05) is 6.54 Å². The maximum Gasteiger partial charge on any atom is 0.227 e. The fourth-order valence-electron chi connectivity index (χ4n) is 2.70. The van der Waals surface area contributed by atoms with Crippen LogP contribution in [0.1, 0.15) is 38.7 Å². The van der Waals surface area contributed by atoms with Crippen molar-refractivity contribution in [1.29, 1.82) is 0 Å². The molecule has 5 nitrogen and oxygen atoms in total. The number of hydrogen-bond donors (Lipinski definition) is 1. The number of carbonyl (C=O) groups is 1. The predicted molar refractivity (Wildman–Crippen MR) is 74.1 cm³/mol. The number of hydrogen-bond acceptors (Lipinski definition) is 4. The van der Waals surface area contributed by atoms with Gasteiger partial charge in [-0.25, -0.2) is 0 Å². The zero-order valence-electron chi connectivity index (χ0n) is 11.7. The molecule has 1 N–H and O–H groups in total. The van der Waals surface area contributed by atoms with Crippen molar-refractivity contribution in [2.45, 2.75) is 38.7 Å². The number of ether oxygens (including phenoxy) is 1. The van der Waals surface area contributed by atoms with Crippen LogP contribution in [0.2, 0.25) is 0 Å². The number of aliphatic hydroxyl groups is 1. The molecule has 0 atom stereocenters. The van der Waals surface area contributed by atoms with Gasteiger partial charge in [-0.15, -0.1) is 0 Å². The van der Waals surface area contributed by atoms with Crippen LogP contribution in [0.15, 0.2) is 24.2 Å². The molecule has 0 aliphatic carbocycles. The fraction of sp³-hybridized carbons (Fsp3) is 0.467. The van der Waals surface area contributed by atoms with Crippen LogP contribution in [0.25, 0.3) is 5.70 Å². The smallest absolute Gasteiger partial charge is 0.227 e. The highest BCUT2D eigenvalue weighted by atomic mass is 16.5. The number of likely N-dealkylation sites (tertiary alicyclic amines) is 1. The van der Waals surface area contributed by atoms with Gasteiger partial charge in [0, 0.05) is 25.4 Å². The van der Waals surface area contributed by atoms with Crippen molar-refractivity contribution >= 4 is 11.6 Å². The summed E-state index contributed by atoms with van der Waals surface area (Å²) in [6, 6.07) is 1.76. The minimum Gasteiger partial charge on any atom is -0.506 e. The summed E-state index contributed by atoms with van der Waals surface area (Å²) in [5, 5.41) is 10.5. The molecule has 0 unspecified atom stereocenters. The number of amides is 1. The van der Waals surface area contributed by atoms with Crippen LogP contribution in [-0.2, 0) is 4.79 Å². The number of piperidine rings is 1. The van der Waals surface area contributed by atoms with E-state index in [9.17, 15) is 9.90 Å². The van der Waals surface area contributed by atoms with Crippen molar-refractivity contribution in [3.05, 3.63) is 29.8 Å². The lowest BCUT2D eigenvalue weighted by Crippen LogP contribution is -2.41. The number of aromatic nitrogens is 1. The molecule has 2 aliphatic rings. The maximum absolute atomic E-state index is 12.2. The summed E-state index contributed by atoms with van der Waals surface area (Å²) in [6.45, 7) is 4.21. The van der Waals surface area contributed by atoms with Crippen molar-refractivity contribution in [1.82, 2.24) is 9.88 Å². The van der Waals surface area contributed by atoms with E-state index in [2.05, 4.69) is 4.98 Å². The first-order valence-electron chi connectivity index (χ1n) is 6.88. The van der Waals surface area contributed by atoms with Crippen LogP contribution >= 0.6 is 0 Å². The Morgan fingerprint density at radius 3 is 2.95 bits per heavy atom. The molecule has 3 rings (SSSR count). The van der Waals surface area contributed by atoms with Crippen LogP contribution in [0.4, 0.5) is 0 Å². The van der Waals surface area contributed by atoms with Gasteiger partial charge in [0.15, 0.2) is 11.4 Å². The SMILES string of the molecule is CC1(C)Oc2ccncc2C(N2CCCCC2=O)=C1O. The second-order valence-corrected chi connectivity index (χ2v) is 5.68. The minimum absolute atomic E-state index is 0.0466. The van der Waals surface area contributed by atoms with E-state index in [4.69, 9.17) is 4.74 Å². The van der Waals surface area contributed by atoms with E-state index < -0.39 is 5.60 Å². The Balaban J connectivity index is 2.15. The lowest BCUT2D eigenvalue weighted by Gasteiger charge is -2.38. The molecule has 20 heavy (non-hydrogen) atoms. The Labute approximate surface area is 117 Å². The molecule has 1 aromatic heterocycles. The fourth-order valence-corrected chi connectivity index (χ4v) is 2.70. The monoisotopic (exact) mass is 274 g/mol. The van der Waals surface area contributed by atoms with Gasteiger partial charge in [0.25, 0.3) is 0 Å². The number of nitrogens with zero attached hydrogens (tertiary/aromatic N) is 2. The van der Waals surface area contributed by atoms with Gasteiger partial charge < -0.3 is 14.7 Å². The summed E-state index contributed by atoms with van der Waals surface area (Å²) in [6.07, 6.45) is 5.65. The highest BCUT2D eigenvalue weighted by Crippen LogP contribution is 2.41. The van der Waals surface area contributed by atoms with Crippen LogP contribution in [0.3, 0.4) is 0 Å². The molecule has 5 heteroatoms. The Morgan fingerprint density at radius 2 is 2.20 bits per heavy atom. The van der Waals surface area contributed by atoms with Crippen LogP contribution in [-0.4, -0.2) is 33.0 Å². The van der Waals surface area contributed by atoms with Crippen LogP contribution < -0.4 is 4.74 Å². The van der Waals surface area contributed by atoms with Gasteiger partial charge in [-0.1, -0.05) is 0 Å². The summed E-state index contributed by atoms with van der Waals surface area (Å²) < 4.78 is 5.80. The first-order valence-corrected chi connectivity index (χ1v) is 6.88. The molecule has 0 spiro atoms. The number of fused-ring (bicyclic) bond motifs is 1. The van der Waals surface area contributed by atoms with Gasteiger partial charge in [-0.3, -0.25) is 9.78 Å². The molecule has 1 amide bonds. The van der Waals surface area contributed by atoms with Gasteiger partial charge in [0.1, 0.15) is 5.75 Å². The van der Waals surface area contributed by atoms with Crippen molar-refractivity contribution in [2.24, 2.45) is 0 Å². The third-order valence-corrected chi connectivity index (χ3v) is 3.79. The van der Waals surface area contributed by atoms with E-state index >= 15 is 0 Å². The van der Waals surface area contributed by atoms with Gasteiger partial charge >= 0.3 is 0 Å². The Morgan fingerprint density at radius 1 is 1.40 bits per heavy atom. The molecule has 0 saturated carbocycles. The molecule has 2 aliphatic heterocycles. The zero-order valence-corrected chi connectivity index (χ0v) is 11.7. The third kappa shape index (κ3) is 1.94. The predicted octanol–water partition coefficient (Wildman–Crippen LogP) is 2.49. The van der Waals surface area contributed by atoms with E-state index in [0.717, 1.165) is 12.8 Å². The van der Waals surface area contributed by atoms with Crippen molar-refractivity contribution in [3.63, 3.8) is 0 Å². The summed E-state index contributed by atoms with van der Waals surface area (Å²) in [7, 11) is 0. The normalized spacial score (nSPS) is 21.5. The average Bonchev–Trinajstić information content (AvgIpc) is 2.41. The molecular weight excluding hydrogens is 256 g/mol. The Kier molecular flexibility index (Phi) is 2.92. The highest BCUT2D eigenvalue weighted by molar-refractivity contribution is 5.89. The Hall–Kier alpha value is -2.04. The molecule has 3 heterocycles. The molecule has 1 saturated heterocycles. The molecule has 0 bridgehead atoms. The topological polar surface area (TPSA) is 62.7 Å². The van der Waals surface area contributed by atoms with Crippen LogP contribution in [0.5, 0.6) is 5.75 Å². The van der Waals surface area contributed by atoms with Gasteiger partial charge in [0.2, 0.25) is 5.91 Å². The molecular formula is C15H18N2O3. The maximum atomic E-state index is 12.2. The first-order chi connectivity index (χ1) is 9.50. The summed E-state index contributed by atoms with van der Waals surface area (Å²) in [5.74, 6) is 0.787. The Bertz CT molecular complexity index is 593. The quantitative estimate of drug-likeness (QED) is 0.854. The largest absolute Gasteiger partial charge is 0.506 e. The second-order valence-electron chi connectivity index (χ2n) is 5.68. The van der Waals surface area contributed by atoms with E-state index in [1.165, 1.54) is 0 Å². The van der Waals surface area contributed by atoms with Gasteiger partial charge in [-0.2, -0.15) is 0 Å². The molecule has 1 aromatic rings. The lowest BCUT2D eigenvalue weighted by molar-refractivity contribution is -0.129. The minimum atomic E-state index is -0.846. The average molecular weight is 274 g/mol. The van der Waals surface area contributed by atoms with E-state index in [1.54, 1.807) is 37.2 Å². The molecule has 106 valence electrons. The first kappa shape index (κ1) is 13.0. The molecule has 0 aromatic carbocycles. The van der Waals surface area contributed by atoms with E-state index in [0.29, 0.717) is 30.0 Å². The lowest BCUT2D eigenvalue weighted by atomic mass is 9.95. The standard InChI is InChI=1S/C15H18N2O3/c1-15(2)14(19)13(17-8-4-3-5-12(17)18)10-9-16-7-6-11(10)20-15/h6-7,9,19H,3-5,8H2,1-2H3. The van der Waals surface area contributed by atoms with Gasteiger partial charge in [0.05, 0.1) is 11.3 Å². The summed E-state index contributed by atoms with van der Waals surface area (Å²) in [4.78, 5) is 17.9. The van der Waals surface area contributed by atoms with Crippen LogP contribution in [0, 0.1) is 0 Å². The third-order valence-electron chi connectivity index (χ3n) is 3.79. The molecule has 1 fully saturated rings. The highest BCUT2D eigenvalue weighted by Gasteiger charge is 2.39. The second kappa shape index (κ2) is 4.51. The number of rotatable bonds is 1. The van der Waals surface area contributed by atoms with Crippen molar-refractivity contribution in [3.8, 4) is 5.75 Å². The van der Waals surface area contributed by atoms with Crippen molar-refractivity contribution < 1.29 is 14.6 Å². The van der Waals surface area contributed by atoms with E-state index in [1.807, 2.05) is 0 Å². The van der Waals surface area contributed by atoms with Gasteiger partial charge in [-0.05, 0) is 32.8 Å². The summed E-state index contributed by atoms with van der Waals surface area (Å²) in [5.41, 5.74) is 0.384. The molecule has 0 radical (unpaired) electrons. The summed E-state index contributed by atoms with van der Waals surface area (Å²) >= 11 is 0. The van der Waals surface area contributed by atoms with E-state index in [-0.39, 0.29) is 11.7 Å². The number of pyridine rings is 1. The number of aliphatic hydroxyl groups excluding tert-OH is 1. The number of carbonyl (C=O) groups excluding carboxylic acids is 1. The zero-order chi connectivity index (χ0) is 14.3.